The van der Waals surface area contributed by atoms with Gasteiger partial charge in [-0.15, -0.1) is 0 Å². The van der Waals surface area contributed by atoms with Crippen LogP contribution in [0.2, 0.25) is 0 Å². The van der Waals surface area contributed by atoms with Crippen LogP contribution in [-0.2, 0) is 30.4 Å². The monoisotopic (exact) mass is 878 g/mol. The number of benzene rings is 3. The number of amides is 8. The van der Waals surface area contributed by atoms with Crippen molar-refractivity contribution in [2.75, 3.05) is 45.9 Å². The SMILES string of the molecule is O=C(CCCNC(=O)COc1cccc2c1C(=O)N(C1CCC(=O)NC1=O)C2=O)NCCCCCC(=O)N1CCN(C(=O)c2cc(Cc3n[nH]c(=O)c4ccccc34)ccc2F)CC1. The number of ether oxygens (including phenoxy) is 1. The predicted molar refractivity (Wildman–Crippen MR) is 226 cm³/mol. The van der Waals surface area contributed by atoms with E-state index in [0.29, 0.717) is 73.8 Å². The summed E-state index contributed by atoms with van der Waals surface area (Å²) >= 11 is 0. The van der Waals surface area contributed by atoms with Gasteiger partial charge in [0.15, 0.2) is 6.61 Å². The second kappa shape index (κ2) is 20.3. The molecule has 1 atom stereocenters. The van der Waals surface area contributed by atoms with Crippen LogP contribution in [0.3, 0.4) is 0 Å². The molecule has 4 N–H and O–H groups in total. The number of H-pyrrole nitrogens is 1. The lowest BCUT2D eigenvalue weighted by atomic mass is 10.0. The molecule has 0 bridgehead atoms. The van der Waals surface area contributed by atoms with E-state index in [1.807, 2.05) is 0 Å². The average Bonchev–Trinajstić information content (AvgIpc) is 3.55. The van der Waals surface area contributed by atoms with Crippen LogP contribution in [0.1, 0.15) is 93.7 Å². The fraction of sp³-hybridized carbons (Fsp3) is 0.378. The summed E-state index contributed by atoms with van der Waals surface area (Å²) in [7, 11) is 0. The quantitative estimate of drug-likeness (QED) is 0.0884. The number of imide groups is 2. The number of aromatic amines is 1. The van der Waals surface area contributed by atoms with Crippen LogP contribution < -0.4 is 26.2 Å². The molecule has 18 nitrogen and oxygen atoms in total. The number of unbranched alkanes of at least 4 members (excludes halogenated alkanes) is 2. The van der Waals surface area contributed by atoms with E-state index >= 15 is 0 Å². The van der Waals surface area contributed by atoms with Crippen LogP contribution in [0.15, 0.2) is 65.5 Å². The summed E-state index contributed by atoms with van der Waals surface area (Å²) in [5.41, 5.74) is 0.848. The Hall–Kier alpha value is -7.31. The summed E-state index contributed by atoms with van der Waals surface area (Å²) in [6.45, 7) is 1.33. The Kier molecular flexibility index (Phi) is 14.2. The molecule has 0 aliphatic carbocycles. The molecule has 334 valence electrons. The maximum absolute atomic E-state index is 14.9. The van der Waals surface area contributed by atoms with Gasteiger partial charge in [-0.1, -0.05) is 36.8 Å². The van der Waals surface area contributed by atoms with Crippen LogP contribution >= 0.6 is 0 Å². The van der Waals surface area contributed by atoms with Crippen molar-refractivity contribution in [2.45, 2.75) is 63.8 Å². The Bertz CT molecular complexity index is 2570. The van der Waals surface area contributed by atoms with Crippen molar-refractivity contribution in [3.8, 4) is 5.75 Å². The lowest BCUT2D eigenvalue weighted by molar-refractivity contribution is -0.136. The number of fused-ring (bicyclic) bond motifs is 2. The fourth-order valence-corrected chi connectivity index (χ4v) is 8.00. The Morgan fingerprint density at radius 1 is 0.781 bits per heavy atom. The van der Waals surface area contributed by atoms with Crippen LogP contribution in [0.25, 0.3) is 10.8 Å². The molecular weight excluding hydrogens is 832 g/mol. The van der Waals surface area contributed by atoms with Gasteiger partial charge >= 0.3 is 0 Å². The number of hydrogen-bond donors (Lipinski definition) is 4. The molecular formula is C45H47FN8O10. The summed E-state index contributed by atoms with van der Waals surface area (Å²) in [6, 6.07) is 14.6. The van der Waals surface area contributed by atoms with Gasteiger partial charge < -0.3 is 25.2 Å². The first kappa shape index (κ1) is 44.7. The smallest absolute Gasteiger partial charge is 0.272 e. The molecule has 2 fully saturated rings. The molecule has 4 aromatic rings. The molecule has 0 saturated carbocycles. The Morgan fingerprint density at radius 2 is 1.52 bits per heavy atom. The van der Waals surface area contributed by atoms with Crippen molar-refractivity contribution < 1.29 is 47.5 Å². The molecule has 0 spiro atoms. The average molecular weight is 879 g/mol. The van der Waals surface area contributed by atoms with Gasteiger partial charge in [-0.25, -0.2) is 9.49 Å². The van der Waals surface area contributed by atoms with Gasteiger partial charge in [0.25, 0.3) is 29.2 Å². The first-order chi connectivity index (χ1) is 30.9. The third-order valence-electron chi connectivity index (χ3n) is 11.4. The number of carbonyl (C=O) groups is 8. The minimum Gasteiger partial charge on any atom is -0.483 e. The standard InChI is InChI=1S/C45H47FN8O10/c46-32-15-14-27(25-33-28-8-3-4-9-29(28)41(59)51-50-33)24-31(32)43(61)53-22-20-52(21-23-53)39(58)13-2-1-5-18-47-36(55)12-7-19-48-38(57)26-64-35-11-6-10-30-40(35)45(63)54(44(30)62)34-16-17-37(56)49-42(34)60/h3-4,6,8-11,14-15,24,34H,1-2,5,7,12-13,16-23,25-26H2,(H,47,55)(H,48,57)(H,51,59)(H,49,56,60). The highest BCUT2D eigenvalue weighted by Gasteiger charge is 2.46. The number of nitrogens with one attached hydrogen (secondary N) is 4. The molecule has 3 aliphatic rings. The van der Waals surface area contributed by atoms with Gasteiger partial charge in [-0.05, 0) is 61.6 Å². The zero-order valence-corrected chi connectivity index (χ0v) is 34.9. The number of carbonyl (C=O) groups excluding carboxylic acids is 8. The molecule has 3 aliphatic heterocycles. The molecule has 8 amide bonds. The summed E-state index contributed by atoms with van der Waals surface area (Å²) in [4.78, 5) is 117. The largest absolute Gasteiger partial charge is 0.483 e. The van der Waals surface area contributed by atoms with E-state index in [2.05, 4.69) is 26.1 Å². The first-order valence-corrected chi connectivity index (χ1v) is 21.2. The van der Waals surface area contributed by atoms with Gasteiger partial charge in [0.2, 0.25) is 23.6 Å². The number of rotatable bonds is 17. The maximum atomic E-state index is 14.9. The molecule has 7 rings (SSSR count). The van der Waals surface area contributed by atoms with E-state index in [-0.39, 0.29) is 85.1 Å². The summed E-state index contributed by atoms with van der Waals surface area (Å²) in [6.07, 6.45) is 3.10. The van der Waals surface area contributed by atoms with Crippen molar-refractivity contribution in [1.29, 1.82) is 0 Å². The Labute approximate surface area is 365 Å². The third-order valence-corrected chi connectivity index (χ3v) is 11.4. The van der Waals surface area contributed by atoms with Gasteiger partial charge in [-0.2, -0.15) is 5.10 Å². The number of nitrogens with zero attached hydrogens (tertiary/aromatic N) is 4. The minimum absolute atomic E-state index is 0.00285. The van der Waals surface area contributed by atoms with E-state index in [9.17, 15) is 47.5 Å². The van der Waals surface area contributed by atoms with E-state index in [0.717, 1.165) is 4.90 Å². The van der Waals surface area contributed by atoms with Gasteiger partial charge in [-0.3, -0.25) is 53.4 Å². The van der Waals surface area contributed by atoms with Gasteiger partial charge in [0.05, 0.1) is 27.8 Å². The number of hydrogen-bond acceptors (Lipinski definition) is 11. The van der Waals surface area contributed by atoms with Gasteiger partial charge in [0, 0.05) is 70.3 Å². The van der Waals surface area contributed by atoms with Crippen molar-refractivity contribution >= 4 is 58.0 Å². The molecule has 0 radical (unpaired) electrons. The Morgan fingerprint density at radius 3 is 2.30 bits per heavy atom. The normalized spacial score (nSPS) is 16.1. The second-order valence-electron chi connectivity index (χ2n) is 15.7. The number of piperazine rings is 1. The highest BCUT2D eigenvalue weighted by atomic mass is 19.1. The van der Waals surface area contributed by atoms with E-state index in [1.54, 1.807) is 35.2 Å². The predicted octanol–water partition coefficient (Wildman–Crippen LogP) is 1.99. The second-order valence-corrected chi connectivity index (χ2v) is 15.7. The Balaban J connectivity index is 0.743. The summed E-state index contributed by atoms with van der Waals surface area (Å²) in [5.74, 6) is -4.49. The summed E-state index contributed by atoms with van der Waals surface area (Å²) < 4.78 is 20.5. The molecule has 19 heteroatoms. The number of aromatic nitrogens is 2. The van der Waals surface area contributed by atoms with E-state index in [1.165, 1.54) is 35.2 Å². The lowest BCUT2D eigenvalue weighted by Crippen LogP contribution is -2.54. The molecule has 3 aromatic carbocycles. The highest BCUT2D eigenvalue weighted by molar-refractivity contribution is 6.24. The molecule has 4 heterocycles. The highest BCUT2D eigenvalue weighted by Crippen LogP contribution is 2.33. The fourth-order valence-electron chi connectivity index (χ4n) is 8.00. The lowest BCUT2D eigenvalue weighted by Gasteiger charge is -2.35. The van der Waals surface area contributed by atoms with Crippen LogP contribution in [-0.4, -0.2) is 124 Å². The van der Waals surface area contributed by atoms with Crippen LogP contribution in [0, 0.1) is 5.82 Å². The van der Waals surface area contributed by atoms with E-state index in [4.69, 9.17) is 4.74 Å². The minimum atomic E-state index is -1.13. The molecule has 1 unspecified atom stereocenters. The third kappa shape index (κ3) is 10.3. The molecule has 1 aromatic heterocycles. The van der Waals surface area contributed by atoms with Crippen LogP contribution in [0.4, 0.5) is 4.39 Å². The topological polar surface area (TPSA) is 237 Å². The zero-order chi connectivity index (χ0) is 45.3. The van der Waals surface area contributed by atoms with Crippen molar-refractivity contribution in [3.05, 3.63) is 105 Å². The summed E-state index contributed by atoms with van der Waals surface area (Å²) in [5, 5.41) is 15.5. The number of piperidine rings is 1. The van der Waals surface area contributed by atoms with Crippen molar-refractivity contribution in [2.24, 2.45) is 0 Å². The maximum Gasteiger partial charge on any atom is 0.272 e. The molecule has 2 saturated heterocycles. The van der Waals surface area contributed by atoms with Gasteiger partial charge in [0.1, 0.15) is 17.6 Å². The van der Waals surface area contributed by atoms with E-state index < -0.39 is 53.9 Å². The number of halogens is 1. The zero-order valence-electron chi connectivity index (χ0n) is 34.9. The van der Waals surface area contributed by atoms with Crippen LogP contribution in [0.5, 0.6) is 5.75 Å². The van der Waals surface area contributed by atoms with Crippen molar-refractivity contribution in [1.82, 2.24) is 40.8 Å². The first-order valence-electron chi connectivity index (χ1n) is 21.2. The molecule has 64 heavy (non-hydrogen) atoms. The van der Waals surface area contributed by atoms with Crippen molar-refractivity contribution in [3.63, 3.8) is 0 Å².